The van der Waals surface area contributed by atoms with Gasteiger partial charge in [0.05, 0.1) is 13.2 Å². The van der Waals surface area contributed by atoms with Crippen LogP contribution in [0, 0.1) is 0 Å². The Labute approximate surface area is 109 Å². The summed E-state index contributed by atoms with van der Waals surface area (Å²) >= 11 is 0. The van der Waals surface area contributed by atoms with Crippen molar-refractivity contribution >= 4 is 0 Å². The molecule has 0 saturated carbocycles. The molecule has 0 bridgehead atoms. The molecule has 1 aromatic heterocycles. The molecule has 1 saturated heterocycles. The van der Waals surface area contributed by atoms with Gasteiger partial charge in [-0.1, -0.05) is 0 Å². The third-order valence-electron chi connectivity index (χ3n) is 3.61. The van der Waals surface area contributed by atoms with Gasteiger partial charge in [0.1, 0.15) is 5.82 Å². The molecular formula is C13H24N4O. The maximum atomic E-state index is 9.22. The van der Waals surface area contributed by atoms with Crippen molar-refractivity contribution < 1.29 is 5.11 Å². The van der Waals surface area contributed by atoms with Crippen molar-refractivity contribution in [2.75, 3.05) is 26.2 Å². The quantitative estimate of drug-likeness (QED) is 0.597. The topological polar surface area (TPSA) is 64.2 Å². The normalized spacial score (nSPS) is 20.6. The number of imidazole rings is 1. The van der Waals surface area contributed by atoms with Crippen molar-refractivity contribution in [3.05, 3.63) is 18.2 Å². The predicted octanol–water partition coefficient (Wildman–Crippen LogP) is 0.736. The van der Waals surface area contributed by atoms with Crippen molar-refractivity contribution in [2.24, 2.45) is 0 Å². The number of hydrogen-bond acceptors (Lipinski definition) is 4. The van der Waals surface area contributed by atoms with Crippen LogP contribution < -0.4 is 5.32 Å². The number of nitrogens with zero attached hydrogens (tertiary/aromatic N) is 2. The zero-order valence-corrected chi connectivity index (χ0v) is 10.9. The van der Waals surface area contributed by atoms with E-state index in [9.17, 15) is 5.11 Å². The summed E-state index contributed by atoms with van der Waals surface area (Å²) < 4.78 is 0. The fraction of sp³-hybridized carbons (Fsp3) is 0.769. The minimum atomic E-state index is 0.316. The lowest BCUT2D eigenvalue weighted by Gasteiger charge is -2.22. The molecule has 1 aliphatic heterocycles. The SMILES string of the molecule is OCC1CCCN1CCCCNCc1ncc[nH]1. The van der Waals surface area contributed by atoms with E-state index in [0.717, 1.165) is 38.4 Å². The molecule has 0 amide bonds. The van der Waals surface area contributed by atoms with Crippen LogP contribution in [0.2, 0.25) is 0 Å². The number of likely N-dealkylation sites (tertiary alicyclic amines) is 1. The maximum absolute atomic E-state index is 9.22. The van der Waals surface area contributed by atoms with Crippen molar-refractivity contribution in [3.63, 3.8) is 0 Å². The first kappa shape index (κ1) is 13.5. The van der Waals surface area contributed by atoms with Gasteiger partial charge in [0, 0.05) is 18.4 Å². The van der Waals surface area contributed by atoms with Crippen LogP contribution in [0.5, 0.6) is 0 Å². The van der Waals surface area contributed by atoms with Gasteiger partial charge in [-0.15, -0.1) is 0 Å². The Hall–Kier alpha value is -0.910. The van der Waals surface area contributed by atoms with Crippen LogP contribution >= 0.6 is 0 Å². The number of aromatic amines is 1. The Morgan fingerprint density at radius 2 is 2.44 bits per heavy atom. The van der Waals surface area contributed by atoms with Gasteiger partial charge in [0.25, 0.3) is 0 Å². The van der Waals surface area contributed by atoms with Crippen LogP contribution in [0.15, 0.2) is 12.4 Å². The van der Waals surface area contributed by atoms with E-state index in [2.05, 4.69) is 20.2 Å². The van der Waals surface area contributed by atoms with Crippen LogP contribution in [0.1, 0.15) is 31.5 Å². The monoisotopic (exact) mass is 252 g/mol. The first-order valence-electron chi connectivity index (χ1n) is 6.94. The molecule has 1 fully saturated rings. The summed E-state index contributed by atoms with van der Waals surface area (Å²) in [6.07, 6.45) is 8.39. The first-order chi connectivity index (χ1) is 8.90. The smallest absolute Gasteiger partial charge is 0.120 e. The van der Waals surface area contributed by atoms with Crippen LogP contribution in [0.25, 0.3) is 0 Å². The van der Waals surface area contributed by atoms with Crippen LogP contribution in [-0.2, 0) is 6.54 Å². The van der Waals surface area contributed by atoms with Gasteiger partial charge in [-0.25, -0.2) is 4.98 Å². The fourth-order valence-corrected chi connectivity index (χ4v) is 2.56. The van der Waals surface area contributed by atoms with Crippen LogP contribution in [0.3, 0.4) is 0 Å². The van der Waals surface area contributed by atoms with E-state index in [1.165, 1.54) is 19.3 Å². The van der Waals surface area contributed by atoms with Crippen molar-refractivity contribution in [1.29, 1.82) is 0 Å². The Kier molecular flexibility index (Phi) is 5.64. The van der Waals surface area contributed by atoms with E-state index in [4.69, 9.17) is 0 Å². The molecule has 0 aliphatic carbocycles. The minimum Gasteiger partial charge on any atom is -0.395 e. The molecule has 1 unspecified atom stereocenters. The highest BCUT2D eigenvalue weighted by Crippen LogP contribution is 2.16. The molecule has 0 spiro atoms. The lowest BCUT2D eigenvalue weighted by molar-refractivity contribution is 0.157. The molecule has 102 valence electrons. The molecule has 2 heterocycles. The highest BCUT2D eigenvalue weighted by Gasteiger charge is 2.22. The zero-order valence-electron chi connectivity index (χ0n) is 10.9. The highest BCUT2D eigenvalue weighted by molar-refractivity contribution is 4.85. The molecule has 5 heteroatoms. The maximum Gasteiger partial charge on any atom is 0.120 e. The molecule has 1 atom stereocenters. The first-order valence-corrected chi connectivity index (χ1v) is 6.94. The summed E-state index contributed by atoms with van der Waals surface area (Å²) in [7, 11) is 0. The van der Waals surface area contributed by atoms with Crippen LogP contribution in [0.4, 0.5) is 0 Å². The molecule has 18 heavy (non-hydrogen) atoms. The third kappa shape index (κ3) is 4.08. The Morgan fingerprint density at radius 3 is 3.22 bits per heavy atom. The van der Waals surface area contributed by atoms with Gasteiger partial charge in [-0.05, 0) is 45.3 Å². The van der Waals surface area contributed by atoms with Gasteiger partial charge in [-0.3, -0.25) is 4.90 Å². The summed E-state index contributed by atoms with van der Waals surface area (Å²) in [5.41, 5.74) is 0. The van der Waals surface area contributed by atoms with Gasteiger partial charge in [0.2, 0.25) is 0 Å². The number of H-pyrrole nitrogens is 1. The van der Waals surface area contributed by atoms with E-state index >= 15 is 0 Å². The molecule has 5 nitrogen and oxygen atoms in total. The highest BCUT2D eigenvalue weighted by atomic mass is 16.3. The molecule has 2 rings (SSSR count). The van der Waals surface area contributed by atoms with Gasteiger partial charge in [-0.2, -0.15) is 0 Å². The summed E-state index contributed by atoms with van der Waals surface area (Å²) in [6.45, 7) is 4.43. The Balaban J connectivity index is 1.48. The zero-order chi connectivity index (χ0) is 12.6. The van der Waals surface area contributed by atoms with Crippen molar-refractivity contribution in [3.8, 4) is 0 Å². The van der Waals surface area contributed by atoms with Crippen molar-refractivity contribution in [2.45, 2.75) is 38.3 Å². The average Bonchev–Trinajstić information content (AvgIpc) is 3.04. The number of aromatic nitrogens is 2. The lowest BCUT2D eigenvalue weighted by atomic mass is 10.2. The van der Waals surface area contributed by atoms with E-state index in [1.54, 1.807) is 6.20 Å². The summed E-state index contributed by atoms with van der Waals surface area (Å²) in [4.78, 5) is 9.66. The second kappa shape index (κ2) is 7.51. The molecule has 0 aromatic carbocycles. The molecule has 1 aliphatic rings. The second-order valence-electron chi connectivity index (χ2n) is 4.93. The second-order valence-corrected chi connectivity index (χ2v) is 4.93. The van der Waals surface area contributed by atoms with Gasteiger partial charge >= 0.3 is 0 Å². The number of aliphatic hydroxyl groups is 1. The number of nitrogens with one attached hydrogen (secondary N) is 2. The summed E-state index contributed by atoms with van der Waals surface area (Å²) in [5.74, 6) is 0.995. The Morgan fingerprint density at radius 1 is 1.50 bits per heavy atom. The van der Waals surface area contributed by atoms with E-state index in [0.29, 0.717) is 12.6 Å². The largest absolute Gasteiger partial charge is 0.395 e. The number of unbranched alkanes of at least 4 members (excludes halogenated alkanes) is 1. The average molecular weight is 252 g/mol. The predicted molar refractivity (Wildman–Crippen MR) is 71.2 cm³/mol. The molecule has 1 aromatic rings. The summed E-state index contributed by atoms with van der Waals surface area (Å²) in [5, 5.41) is 12.6. The minimum absolute atomic E-state index is 0.316. The van der Waals surface area contributed by atoms with E-state index in [-0.39, 0.29) is 0 Å². The number of hydrogen-bond donors (Lipinski definition) is 3. The Bertz CT molecular complexity index is 315. The van der Waals surface area contributed by atoms with Crippen LogP contribution in [-0.4, -0.2) is 52.3 Å². The lowest BCUT2D eigenvalue weighted by Crippen LogP contribution is -2.33. The fourth-order valence-electron chi connectivity index (χ4n) is 2.56. The number of rotatable bonds is 8. The van der Waals surface area contributed by atoms with E-state index < -0.39 is 0 Å². The summed E-state index contributed by atoms with van der Waals surface area (Å²) in [6, 6.07) is 0.418. The molecule has 0 radical (unpaired) electrons. The standard InChI is InChI=1S/C13H24N4O/c18-11-12-4-3-9-17(12)8-2-1-5-14-10-13-15-6-7-16-13/h6-7,12,14,18H,1-5,8-11H2,(H,15,16). The number of aliphatic hydroxyl groups excluding tert-OH is 1. The van der Waals surface area contributed by atoms with E-state index in [1.807, 2.05) is 6.20 Å². The molecule has 3 N–H and O–H groups in total. The van der Waals surface area contributed by atoms with Gasteiger partial charge < -0.3 is 15.4 Å². The third-order valence-corrected chi connectivity index (χ3v) is 3.61. The molecular weight excluding hydrogens is 228 g/mol. The van der Waals surface area contributed by atoms with Gasteiger partial charge in [0.15, 0.2) is 0 Å². The van der Waals surface area contributed by atoms with Crippen molar-refractivity contribution in [1.82, 2.24) is 20.2 Å².